The predicted octanol–water partition coefficient (Wildman–Crippen LogP) is 22.1. The lowest BCUT2D eigenvalue weighted by molar-refractivity contribution is -0.206. The summed E-state index contributed by atoms with van der Waals surface area (Å²) in [7, 11) is 0. The van der Waals surface area contributed by atoms with E-state index in [1.807, 2.05) is 132 Å². The summed E-state index contributed by atoms with van der Waals surface area (Å²) < 4.78 is 39.0. The van der Waals surface area contributed by atoms with Crippen LogP contribution in [-0.2, 0) is 66.7 Å². The van der Waals surface area contributed by atoms with Crippen molar-refractivity contribution in [3.05, 3.63) is 0 Å². The average Bonchev–Trinajstić information content (AvgIpc) is 1.11. The van der Waals surface area contributed by atoms with Crippen LogP contribution in [0.1, 0.15) is 385 Å². The monoisotopic (exact) mass is 1370 g/mol. The van der Waals surface area contributed by atoms with Gasteiger partial charge in [0.15, 0.2) is 0 Å². The van der Waals surface area contributed by atoms with Crippen LogP contribution in [0.5, 0.6) is 0 Å². The van der Waals surface area contributed by atoms with Gasteiger partial charge in [0.25, 0.3) is 0 Å². The molecule has 7 unspecified atom stereocenters. The van der Waals surface area contributed by atoms with Crippen LogP contribution in [0.25, 0.3) is 0 Å². The van der Waals surface area contributed by atoms with Gasteiger partial charge in [-0.25, -0.2) is 0 Å². The van der Waals surface area contributed by atoms with Gasteiger partial charge in [-0.15, -0.1) is 0 Å². The summed E-state index contributed by atoms with van der Waals surface area (Å²) in [6.45, 7) is 49.8. The summed E-state index contributed by atoms with van der Waals surface area (Å²) in [5.41, 5.74) is -1.35. The topological polar surface area (TPSA) is 184 Å². The molecule has 0 radical (unpaired) electrons. The summed E-state index contributed by atoms with van der Waals surface area (Å²) in [6, 6.07) is 0. The molecule has 8 aliphatic rings. The Kier molecular flexibility index (Phi) is 41.4. The zero-order valence-electron chi connectivity index (χ0n) is 67.4. The van der Waals surface area contributed by atoms with Gasteiger partial charge in [0.05, 0.1) is 41.4 Å². The number of esters is 7. The molecular formula is C83H152O14. The minimum atomic E-state index is -0.347. The lowest BCUT2D eigenvalue weighted by Crippen LogP contribution is -2.58. The van der Waals surface area contributed by atoms with Gasteiger partial charge in [-0.2, -0.15) is 0 Å². The van der Waals surface area contributed by atoms with E-state index in [2.05, 4.69) is 41.5 Å². The Morgan fingerprint density at radius 1 is 0.330 bits per heavy atom. The standard InChI is InChI=1S/C16H26O2.C13H24O2.2C12H22O2.C11H20O2.C10H20O2.C9H18O2/c1-4-10(2)15(17)18-16(3)13-6-11-5-12(8-13)9-14(16)7-11;1-4-11(3)12(14)15-13(5-2)9-7-6-8-10-13;1-4-10(2)11(13)14-12(3)8-6-5-7-9-12;1-4-10(3)11(13)14-12(5-2)8-6-7-9-12;1-4-9(2)10(12)13-11(3)7-5-6-8-11;1-6-8(3)9(11)12-10(4,5)7-2;1-6-7(2)8(10)11-9(3,4)5/h10-14H,4-9H2,1-3H3;11H,4-10H2,1-3H3;2*10H,4-9H2,1-3H3;9H,4-8H2,1-3H3;8H,6-7H2,1-5H3;7H,6H2,1-5H3. The number of rotatable bonds is 23. The molecule has 0 aromatic carbocycles. The zero-order valence-corrected chi connectivity index (χ0v) is 67.4. The van der Waals surface area contributed by atoms with Crippen LogP contribution >= 0.6 is 0 Å². The zero-order chi connectivity index (χ0) is 74.2. The maximum absolute atomic E-state index is 12.1. The van der Waals surface area contributed by atoms with Crippen LogP contribution in [0.3, 0.4) is 0 Å². The number of hydrogen-bond donors (Lipinski definition) is 0. The van der Waals surface area contributed by atoms with Gasteiger partial charge in [-0.1, -0.05) is 131 Å². The molecule has 8 rings (SSSR count). The van der Waals surface area contributed by atoms with Crippen molar-refractivity contribution in [3.8, 4) is 0 Å². The molecule has 568 valence electrons. The first-order valence-corrected chi connectivity index (χ1v) is 39.8. The highest BCUT2D eigenvalue weighted by Crippen LogP contribution is 2.59. The lowest BCUT2D eigenvalue weighted by atomic mass is 9.50. The van der Waals surface area contributed by atoms with Gasteiger partial charge in [0, 0.05) is 0 Å². The highest BCUT2D eigenvalue weighted by Gasteiger charge is 2.57. The summed E-state index contributed by atoms with van der Waals surface area (Å²) >= 11 is 0. The maximum atomic E-state index is 12.1. The van der Waals surface area contributed by atoms with Crippen LogP contribution in [0, 0.1) is 65.1 Å². The molecule has 0 aromatic heterocycles. The van der Waals surface area contributed by atoms with E-state index in [0.29, 0.717) is 11.8 Å². The Morgan fingerprint density at radius 2 is 0.577 bits per heavy atom. The molecule has 8 saturated carbocycles. The molecular weight excluding hydrogens is 1220 g/mol. The van der Waals surface area contributed by atoms with Crippen molar-refractivity contribution in [2.45, 2.75) is 424 Å². The fourth-order valence-corrected chi connectivity index (χ4v) is 13.8. The average molecular weight is 1370 g/mol. The maximum Gasteiger partial charge on any atom is 0.309 e. The van der Waals surface area contributed by atoms with Crippen molar-refractivity contribution >= 4 is 41.8 Å². The van der Waals surface area contributed by atoms with E-state index in [4.69, 9.17) is 33.2 Å². The summed E-state index contributed by atoms with van der Waals surface area (Å²) in [6.07, 6.45) is 36.1. The van der Waals surface area contributed by atoms with E-state index >= 15 is 0 Å². The Morgan fingerprint density at radius 3 is 0.856 bits per heavy atom. The molecule has 0 amide bonds. The number of carbonyl (C=O) groups excluding carboxylic acids is 7. The smallest absolute Gasteiger partial charge is 0.309 e. The molecule has 14 heteroatoms. The number of hydrogen-bond acceptors (Lipinski definition) is 14. The number of ether oxygens (including phenoxy) is 7. The molecule has 8 fully saturated rings. The minimum Gasteiger partial charge on any atom is -0.460 e. The van der Waals surface area contributed by atoms with Gasteiger partial charge in [-0.3, -0.25) is 33.6 Å². The third kappa shape index (κ3) is 32.4. The van der Waals surface area contributed by atoms with E-state index in [-0.39, 0.29) is 122 Å². The molecule has 14 nitrogen and oxygen atoms in total. The quantitative estimate of drug-likeness (QED) is 0.0695. The van der Waals surface area contributed by atoms with E-state index < -0.39 is 0 Å². The second-order valence-corrected chi connectivity index (χ2v) is 33.3. The second kappa shape index (κ2) is 43.9. The van der Waals surface area contributed by atoms with Gasteiger partial charge in [0.2, 0.25) is 0 Å². The molecule has 0 aromatic rings. The first-order chi connectivity index (χ1) is 45.2. The Bertz CT molecular complexity index is 2240. The van der Waals surface area contributed by atoms with Gasteiger partial charge in [0.1, 0.15) is 39.2 Å². The third-order valence-electron chi connectivity index (χ3n) is 23.3. The van der Waals surface area contributed by atoms with Crippen molar-refractivity contribution in [2.24, 2.45) is 65.1 Å². The molecule has 97 heavy (non-hydrogen) atoms. The Balaban J connectivity index is 0.000000569. The molecule has 0 saturated heterocycles. The van der Waals surface area contributed by atoms with Crippen molar-refractivity contribution in [3.63, 3.8) is 0 Å². The van der Waals surface area contributed by atoms with E-state index in [1.54, 1.807) is 0 Å². The van der Waals surface area contributed by atoms with Crippen LogP contribution in [0.2, 0.25) is 0 Å². The Hall–Kier alpha value is -3.71. The van der Waals surface area contributed by atoms with E-state index in [0.717, 1.165) is 127 Å². The molecule has 0 aliphatic heterocycles. The number of carbonyl (C=O) groups is 7. The second-order valence-electron chi connectivity index (χ2n) is 33.3. The van der Waals surface area contributed by atoms with Crippen LogP contribution in [0.4, 0.5) is 0 Å². The van der Waals surface area contributed by atoms with Crippen molar-refractivity contribution < 1.29 is 66.7 Å². The lowest BCUT2D eigenvalue weighted by Gasteiger charge is -2.59. The predicted molar refractivity (Wildman–Crippen MR) is 394 cm³/mol. The normalized spacial score (nSPS) is 25.0. The van der Waals surface area contributed by atoms with Crippen LogP contribution < -0.4 is 0 Å². The third-order valence-corrected chi connectivity index (χ3v) is 23.3. The van der Waals surface area contributed by atoms with Crippen LogP contribution in [0.15, 0.2) is 0 Å². The highest BCUT2D eigenvalue weighted by atomic mass is 16.6. The van der Waals surface area contributed by atoms with Gasteiger partial charge in [-0.05, 0) is 278 Å². The molecule has 7 atom stereocenters. The SMILES string of the molecule is CCC(C)C(=O)OC(C)(C)C.CCC(C)C(=O)OC(C)(C)CC.CCC(C)C(=O)OC1(C)C2CC3CC(C2)CC1C3.CCC(C)C(=O)OC1(C)CCCC1.CCC(C)C(=O)OC1(C)CCCCC1.CCC(C)C(=O)OC1(CC)CCCC1.CCC(C)C(=O)OC1(CC)CCCCC1. The minimum absolute atomic E-state index is 0.00116. The van der Waals surface area contributed by atoms with Crippen molar-refractivity contribution in [2.75, 3.05) is 0 Å². The largest absolute Gasteiger partial charge is 0.460 e. The molecule has 0 heterocycles. The van der Waals surface area contributed by atoms with Crippen molar-refractivity contribution in [1.29, 1.82) is 0 Å². The Labute approximate surface area is 595 Å². The summed E-state index contributed by atoms with van der Waals surface area (Å²) in [5, 5.41) is 0. The van der Waals surface area contributed by atoms with E-state index in [9.17, 15) is 33.6 Å². The van der Waals surface area contributed by atoms with Gasteiger partial charge >= 0.3 is 41.8 Å². The summed E-state index contributed by atoms with van der Waals surface area (Å²) in [4.78, 5) is 81.2. The fraction of sp³-hybridized carbons (Fsp3) is 0.916. The highest BCUT2D eigenvalue weighted by molar-refractivity contribution is 5.75. The van der Waals surface area contributed by atoms with Crippen LogP contribution in [-0.4, -0.2) is 81.0 Å². The van der Waals surface area contributed by atoms with Gasteiger partial charge < -0.3 is 33.2 Å². The molecule has 8 aliphatic carbocycles. The molecule has 0 N–H and O–H groups in total. The first-order valence-electron chi connectivity index (χ1n) is 39.8. The van der Waals surface area contributed by atoms with E-state index in [1.165, 1.54) is 96.3 Å². The molecule has 0 spiro atoms. The molecule has 4 bridgehead atoms. The summed E-state index contributed by atoms with van der Waals surface area (Å²) in [5.74, 6) is 3.28. The first kappa shape index (κ1) is 91.3. The fourth-order valence-electron chi connectivity index (χ4n) is 13.8. The van der Waals surface area contributed by atoms with Crippen molar-refractivity contribution in [1.82, 2.24) is 0 Å².